The average molecular weight is 317 g/mol. The van der Waals surface area contributed by atoms with Gasteiger partial charge < -0.3 is 16.0 Å². The van der Waals surface area contributed by atoms with E-state index in [1.54, 1.807) is 4.90 Å². The number of nitrogens with zero attached hydrogens (tertiary/aromatic N) is 1. The highest BCUT2D eigenvalue weighted by atomic mass is 16.2. The smallest absolute Gasteiger partial charge is 0.314 e. The van der Waals surface area contributed by atoms with Crippen LogP contribution in [-0.4, -0.2) is 36.0 Å². The largest absolute Gasteiger partial charge is 0.353 e. The molecule has 1 aliphatic heterocycles. The molecule has 0 aliphatic carbocycles. The van der Waals surface area contributed by atoms with Gasteiger partial charge in [-0.25, -0.2) is 4.79 Å². The number of aryl methyl sites for hydroxylation is 2. The predicted octanol–water partition coefficient (Wildman–Crippen LogP) is 2.14. The van der Waals surface area contributed by atoms with Gasteiger partial charge in [0.15, 0.2) is 0 Å². The van der Waals surface area contributed by atoms with Gasteiger partial charge in [-0.05, 0) is 51.2 Å². The standard InChI is InChI=1S/C18H27N3O2/c1-12-6-7-15(13(2)9-12)10-14(3)20-17(22)16-5-4-8-21(11-16)18(19)23/h6-7,9,14,16H,4-5,8,10-11H2,1-3H3,(H2,19,23)(H,20,22)/t14-,16+/m1/s1. The Bertz CT molecular complexity index is 586. The van der Waals surface area contributed by atoms with Crippen LogP contribution in [0.15, 0.2) is 18.2 Å². The highest BCUT2D eigenvalue weighted by Crippen LogP contribution is 2.17. The lowest BCUT2D eigenvalue weighted by molar-refractivity contribution is -0.126. The Hall–Kier alpha value is -2.04. The quantitative estimate of drug-likeness (QED) is 0.892. The lowest BCUT2D eigenvalue weighted by Crippen LogP contribution is -2.48. The molecule has 2 atom stereocenters. The van der Waals surface area contributed by atoms with Gasteiger partial charge in [0.1, 0.15) is 0 Å². The fraction of sp³-hybridized carbons (Fsp3) is 0.556. The molecular weight excluding hydrogens is 290 g/mol. The summed E-state index contributed by atoms with van der Waals surface area (Å²) >= 11 is 0. The first kappa shape index (κ1) is 17.3. The number of primary amides is 1. The number of carbonyl (C=O) groups excluding carboxylic acids is 2. The number of piperidine rings is 1. The zero-order valence-electron chi connectivity index (χ0n) is 14.3. The van der Waals surface area contributed by atoms with E-state index < -0.39 is 6.03 Å². The van der Waals surface area contributed by atoms with Crippen LogP contribution < -0.4 is 11.1 Å². The van der Waals surface area contributed by atoms with Gasteiger partial charge in [0.2, 0.25) is 5.91 Å². The summed E-state index contributed by atoms with van der Waals surface area (Å²) in [4.78, 5) is 25.2. The molecule has 3 N–H and O–H groups in total. The van der Waals surface area contributed by atoms with Crippen molar-refractivity contribution < 1.29 is 9.59 Å². The van der Waals surface area contributed by atoms with E-state index in [1.807, 2.05) is 6.92 Å². The van der Waals surface area contributed by atoms with E-state index >= 15 is 0 Å². The minimum Gasteiger partial charge on any atom is -0.353 e. The first-order valence-corrected chi connectivity index (χ1v) is 8.27. The monoisotopic (exact) mass is 317 g/mol. The van der Waals surface area contributed by atoms with Crippen molar-refractivity contribution in [2.75, 3.05) is 13.1 Å². The van der Waals surface area contributed by atoms with Gasteiger partial charge in [0.05, 0.1) is 5.92 Å². The summed E-state index contributed by atoms with van der Waals surface area (Å²) in [7, 11) is 0. The Morgan fingerprint density at radius 3 is 2.78 bits per heavy atom. The third-order valence-corrected chi connectivity index (χ3v) is 4.52. The maximum absolute atomic E-state index is 12.4. The van der Waals surface area contributed by atoms with Crippen LogP contribution in [0.1, 0.15) is 36.5 Å². The van der Waals surface area contributed by atoms with Gasteiger partial charge in [0.25, 0.3) is 0 Å². The lowest BCUT2D eigenvalue weighted by atomic mass is 9.96. The summed E-state index contributed by atoms with van der Waals surface area (Å²) in [6, 6.07) is 6.01. The number of rotatable bonds is 4. The van der Waals surface area contributed by atoms with E-state index in [4.69, 9.17) is 5.73 Å². The molecule has 5 heteroatoms. The van der Waals surface area contributed by atoms with Crippen molar-refractivity contribution in [2.45, 2.75) is 46.1 Å². The topological polar surface area (TPSA) is 75.4 Å². The SMILES string of the molecule is Cc1ccc(C[C@@H](C)NC(=O)[C@H]2CCCN(C(N)=O)C2)c(C)c1. The van der Waals surface area contributed by atoms with Gasteiger partial charge in [0, 0.05) is 19.1 Å². The third-order valence-electron chi connectivity index (χ3n) is 4.52. The maximum Gasteiger partial charge on any atom is 0.314 e. The number of hydrogen-bond acceptors (Lipinski definition) is 2. The van der Waals surface area contributed by atoms with Crippen LogP contribution in [0.2, 0.25) is 0 Å². The molecule has 0 bridgehead atoms. The molecule has 1 aromatic rings. The summed E-state index contributed by atoms with van der Waals surface area (Å²) in [5.74, 6) is -0.133. The van der Waals surface area contributed by atoms with Crippen LogP contribution in [0.25, 0.3) is 0 Å². The fourth-order valence-electron chi connectivity index (χ4n) is 3.21. The Morgan fingerprint density at radius 1 is 1.39 bits per heavy atom. The van der Waals surface area contributed by atoms with Gasteiger partial charge in [-0.1, -0.05) is 23.8 Å². The Morgan fingerprint density at radius 2 is 2.13 bits per heavy atom. The van der Waals surface area contributed by atoms with Crippen molar-refractivity contribution >= 4 is 11.9 Å². The molecule has 0 radical (unpaired) electrons. The van der Waals surface area contributed by atoms with Crippen LogP contribution in [0, 0.1) is 19.8 Å². The second-order valence-corrected chi connectivity index (χ2v) is 6.67. The molecule has 1 aliphatic rings. The molecule has 1 aromatic carbocycles. The second-order valence-electron chi connectivity index (χ2n) is 6.67. The number of amides is 3. The number of urea groups is 1. The fourth-order valence-corrected chi connectivity index (χ4v) is 3.21. The number of nitrogens with one attached hydrogen (secondary N) is 1. The number of nitrogens with two attached hydrogens (primary N) is 1. The molecular formula is C18H27N3O2. The molecule has 1 fully saturated rings. The van der Waals surface area contributed by atoms with Crippen molar-refractivity contribution in [1.82, 2.24) is 10.2 Å². The third kappa shape index (κ3) is 4.71. The molecule has 0 spiro atoms. The van der Waals surface area contributed by atoms with E-state index in [1.165, 1.54) is 16.7 Å². The van der Waals surface area contributed by atoms with Crippen LogP contribution in [0.5, 0.6) is 0 Å². The van der Waals surface area contributed by atoms with E-state index in [2.05, 4.69) is 37.4 Å². The van der Waals surface area contributed by atoms with E-state index in [0.717, 1.165) is 19.3 Å². The van der Waals surface area contributed by atoms with Crippen molar-refractivity contribution in [3.05, 3.63) is 34.9 Å². The Balaban J connectivity index is 1.90. The first-order chi connectivity index (χ1) is 10.9. The second kappa shape index (κ2) is 7.49. The molecule has 3 amide bonds. The molecule has 1 saturated heterocycles. The van der Waals surface area contributed by atoms with Crippen molar-refractivity contribution in [3.63, 3.8) is 0 Å². The molecule has 126 valence electrons. The van der Waals surface area contributed by atoms with Gasteiger partial charge in [-0.15, -0.1) is 0 Å². The Kier molecular flexibility index (Phi) is 5.64. The number of likely N-dealkylation sites (tertiary alicyclic amines) is 1. The highest BCUT2D eigenvalue weighted by Gasteiger charge is 2.28. The van der Waals surface area contributed by atoms with E-state index in [-0.39, 0.29) is 17.9 Å². The van der Waals surface area contributed by atoms with Crippen molar-refractivity contribution in [2.24, 2.45) is 11.7 Å². The molecule has 0 saturated carbocycles. The van der Waals surface area contributed by atoms with Crippen LogP contribution in [0.4, 0.5) is 4.79 Å². The van der Waals surface area contributed by atoms with Gasteiger partial charge in [-0.3, -0.25) is 4.79 Å². The van der Waals surface area contributed by atoms with Gasteiger partial charge in [-0.2, -0.15) is 0 Å². The summed E-state index contributed by atoms with van der Waals surface area (Å²) in [5.41, 5.74) is 9.07. The zero-order valence-corrected chi connectivity index (χ0v) is 14.3. The molecule has 2 rings (SSSR count). The van der Waals surface area contributed by atoms with Crippen LogP contribution in [0.3, 0.4) is 0 Å². The summed E-state index contributed by atoms with van der Waals surface area (Å²) in [5, 5.41) is 3.08. The van der Waals surface area contributed by atoms with Crippen LogP contribution >= 0.6 is 0 Å². The lowest BCUT2D eigenvalue weighted by Gasteiger charge is -2.31. The molecule has 0 aromatic heterocycles. The molecule has 23 heavy (non-hydrogen) atoms. The summed E-state index contributed by atoms with van der Waals surface area (Å²) in [6.07, 6.45) is 2.45. The molecule has 1 heterocycles. The highest BCUT2D eigenvalue weighted by molar-refractivity contribution is 5.80. The molecule has 0 unspecified atom stereocenters. The normalized spacial score (nSPS) is 19.3. The maximum atomic E-state index is 12.4. The summed E-state index contributed by atoms with van der Waals surface area (Å²) < 4.78 is 0. The predicted molar refractivity (Wildman–Crippen MR) is 91.1 cm³/mol. The zero-order chi connectivity index (χ0) is 17.0. The number of carbonyl (C=O) groups is 2. The van der Waals surface area contributed by atoms with E-state index in [0.29, 0.717) is 13.1 Å². The van der Waals surface area contributed by atoms with Gasteiger partial charge >= 0.3 is 6.03 Å². The average Bonchev–Trinajstić information content (AvgIpc) is 2.50. The number of hydrogen-bond donors (Lipinski definition) is 2. The molecule has 5 nitrogen and oxygen atoms in total. The van der Waals surface area contributed by atoms with E-state index in [9.17, 15) is 9.59 Å². The first-order valence-electron chi connectivity index (χ1n) is 8.27. The van der Waals surface area contributed by atoms with Crippen molar-refractivity contribution in [1.29, 1.82) is 0 Å². The van der Waals surface area contributed by atoms with Crippen LogP contribution in [-0.2, 0) is 11.2 Å². The number of benzene rings is 1. The summed E-state index contributed by atoms with van der Waals surface area (Å²) in [6.45, 7) is 7.28. The van der Waals surface area contributed by atoms with Crippen molar-refractivity contribution in [3.8, 4) is 0 Å². The Labute approximate surface area is 138 Å². The minimum atomic E-state index is -0.439. The minimum absolute atomic E-state index is 0.0215.